The van der Waals surface area contributed by atoms with E-state index in [1.807, 2.05) is 19.3 Å². The normalized spacial score (nSPS) is 11.4. The highest BCUT2D eigenvalue weighted by Crippen LogP contribution is 2.18. The van der Waals surface area contributed by atoms with E-state index in [1.54, 1.807) is 47.5 Å². The maximum absolute atomic E-state index is 12.1. The van der Waals surface area contributed by atoms with Crippen molar-refractivity contribution in [2.45, 2.75) is 24.3 Å². The first kappa shape index (κ1) is 19.8. The van der Waals surface area contributed by atoms with Crippen LogP contribution in [0.25, 0.3) is 11.1 Å². The molecule has 0 saturated carbocycles. The molecule has 2 aromatic heterocycles. The average molecular weight is 398 g/mol. The highest BCUT2D eigenvalue weighted by atomic mass is 32.2. The molecule has 7 nitrogen and oxygen atoms in total. The number of nitrogens with one attached hydrogen (secondary N) is 1. The Labute approximate surface area is 164 Å². The number of carbonyl (C=O) groups is 1. The van der Waals surface area contributed by atoms with Crippen molar-refractivity contribution in [2.24, 2.45) is 7.05 Å². The van der Waals surface area contributed by atoms with Gasteiger partial charge in [0.05, 0.1) is 11.1 Å². The summed E-state index contributed by atoms with van der Waals surface area (Å²) in [4.78, 5) is 16.6. The lowest BCUT2D eigenvalue weighted by molar-refractivity contribution is -0.121. The van der Waals surface area contributed by atoms with Crippen LogP contribution in [-0.2, 0) is 34.6 Å². The molecule has 1 aromatic carbocycles. The van der Waals surface area contributed by atoms with Gasteiger partial charge in [0, 0.05) is 56.0 Å². The van der Waals surface area contributed by atoms with Crippen molar-refractivity contribution in [1.29, 1.82) is 0 Å². The maximum atomic E-state index is 12.1. The zero-order valence-corrected chi connectivity index (χ0v) is 16.6. The quantitative estimate of drug-likeness (QED) is 0.658. The molecule has 0 radical (unpaired) electrons. The Morgan fingerprint density at radius 1 is 1.07 bits per heavy atom. The molecule has 3 rings (SSSR count). The minimum absolute atomic E-state index is 0.0704. The Morgan fingerprint density at radius 3 is 2.46 bits per heavy atom. The molecule has 2 heterocycles. The van der Waals surface area contributed by atoms with Crippen molar-refractivity contribution in [3.8, 4) is 11.1 Å². The molecule has 0 fully saturated rings. The third-order valence-electron chi connectivity index (χ3n) is 4.32. The lowest BCUT2D eigenvalue weighted by Gasteiger charge is -2.07. The van der Waals surface area contributed by atoms with Gasteiger partial charge < -0.3 is 5.32 Å². The molecule has 3 aromatic rings. The van der Waals surface area contributed by atoms with Gasteiger partial charge in [0.15, 0.2) is 9.84 Å². The highest BCUT2D eigenvalue weighted by molar-refractivity contribution is 7.90. The summed E-state index contributed by atoms with van der Waals surface area (Å²) < 4.78 is 24.7. The van der Waals surface area contributed by atoms with E-state index in [0.717, 1.165) is 22.3 Å². The molecule has 0 unspecified atom stereocenters. The summed E-state index contributed by atoms with van der Waals surface area (Å²) in [6.07, 6.45) is 9.22. The number of pyridine rings is 1. The second-order valence-corrected chi connectivity index (χ2v) is 8.69. The van der Waals surface area contributed by atoms with Crippen LogP contribution in [0.3, 0.4) is 0 Å². The van der Waals surface area contributed by atoms with Crippen molar-refractivity contribution >= 4 is 15.7 Å². The van der Waals surface area contributed by atoms with Crippen molar-refractivity contribution in [3.05, 3.63) is 66.2 Å². The van der Waals surface area contributed by atoms with Gasteiger partial charge in [0.1, 0.15) is 0 Å². The van der Waals surface area contributed by atoms with Crippen LogP contribution < -0.4 is 5.32 Å². The second-order valence-electron chi connectivity index (χ2n) is 6.68. The second kappa shape index (κ2) is 8.35. The molecule has 1 N–H and O–H groups in total. The van der Waals surface area contributed by atoms with E-state index in [9.17, 15) is 13.2 Å². The maximum Gasteiger partial charge on any atom is 0.220 e. The van der Waals surface area contributed by atoms with Crippen molar-refractivity contribution in [1.82, 2.24) is 20.1 Å². The lowest BCUT2D eigenvalue weighted by atomic mass is 10.1. The van der Waals surface area contributed by atoms with E-state index in [1.165, 1.54) is 6.26 Å². The molecule has 28 heavy (non-hydrogen) atoms. The number of aryl methyl sites for hydroxylation is 2. The molecule has 0 aliphatic heterocycles. The number of sulfone groups is 1. The summed E-state index contributed by atoms with van der Waals surface area (Å²) >= 11 is 0. The molecule has 1 amide bonds. The van der Waals surface area contributed by atoms with E-state index < -0.39 is 9.84 Å². The average Bonchev–Trinajstić information content (AvgIpc) is 3.11. The molecule has 0 aliphatic rings. The number of nitrogens with zero attached hydrogens (tertiary/aromatic N) is 3. The minimum Gasteiger partial charge on any atom is -0.352 e. The summed E-state index contributed by atoms with van der Waals surface area (Å²) in [5, 5.41) is 7.05. The summed E-state index contributed by atoms with van der Waals surface area (Å²) in [6.45, 7) is 0.396. The van der Waals surface area contributed by atoms with Crippen LogP contribution in [0.2, 0.25) is 0 Å². The van der Waals surface area contributed by atoms with Gasteiger partial charge in [-0.15, -0.1) is 0 Å². The van der Waals surface area contributed by atoms with Crippen molar-refractivity contribution < 1.29 is 13.2 Å². The molecule has 0 bridgehead atoms. The molecule has 8 heteroatoms. The molecule has 0 atom stereocenters. The highest BCUT2D eigenvalue weighted by Gasteiger charge is 2.08. The van der Waals surface area contributed by atoms with Crippen LogP contribution in [0.5, 0.6) is 0 Å². The van der Waals surface area contributed by atoms with E-state index >= 15 is 0 Å². The third kappa shape index (κ3) is 5.26. The van der Waals surface area contributed by atoms with Crippen LogP contribution in [0.15, 0.2) is 60.0 Å². The minimum atomic E-state index is -3.20. The molecule has 146 valence electrons. The fourth-order valence-corrected chi connectivity index (χ4v) is 3.39. The van der Waals surface area contributed by atoms with Crippen molar-refractivity contribution in [3.63, 3.8) is 0 Å². The van der Waals surface area contributed by atoms with Crippen LogP contribution in [0, 0.1) is 0 Å². The zero-order valence-electron chi connectivity index (χ0n) is 15.8. The Balaban J connectivity index is 1.52. The first-order valence-electron chi connectivity index (χ1n) is 8.80. The number of benzene rings is 1. The predicted octanol–water partition coefficient (Wildman–Crippen LogP) is 2.13. The van der Waals surface area contributed by atoms with Crippen molar-refractivity contribution in [2.75, 3.05) is 6.26 Å². The van der Waals surface area contributed by atoms with E-state index in [4.69, 9.17) is 0 Å². The standard InChI is InChI=1S/C20H22N4O3S/c1-24-14-18(13-23-24)17-9-16(10-21-12-17)11-22-20(25)8-5-15-3-6-19(7-4-15)28(2,26)27/h3-4,6-7,9-10,12-14H,5,8,11H2,1-2H3,(H,22,25). The van der Waals surface area contributed by atoms with Crippen LogP contribution in [0.1, 0.15) is 17.5 Å². The first-order valence-corrected chi connectivity index (χ1v) is 10.7. The Hall–Kier alpha value is -3.00. The van der Waals surface area contributed by atoms with Gasteiger partial charge in [0.2, 0.25) is 5.91 Å². The molecule has 0 aliphatic carbocycles. The zero-order chi connectivity index (χ0) is 20.1. The smallest absolute Gasteiger partial charge is 0.220 e. The first-order chi connectivity index (χ1) is 13.3. The van der Waals surface area contributed by atoms with Gasteiger partial charge in [-0.3, -0.25) is 14.5 Å². The van der Waals surface area contributed by atoms with Gasteiger partial charge in [-0.05, 0) is 35.7 Å². The number of carbonyl (C=O) groups excluding carboxylic acids is 1. The summed E-state index contributed by atoms with van der Waals surface area (Å²) in [6, 6.07) is 8.60. The molecular formula is C20H22N4O3S. The SMILES string of the molecule is Cn1cc(-c2cncc(CNC(=O)CCc3ccc(S(C)(=O)=O)cc3)c2)cn1. The number of rotatable bonds is 7. The molecule has 0 saturated heterocycles. The summed E-state index contributed by atoms with van der Waals surface area (Å²) in [5.74, 6) is -0.0704. The topological polar surface area (TPSA) is 94.0 Å². The van der Waals surface area contributed by atoms with Gasteiger partial charge in [-0.25, -0.2) is 8.42 Å². The number of hydrogen-bond acceptors (Lipinski definition) is 5. The largest absolute Gasteiger partial charge is 0.352 e. The van der Waals surface area contributed by atoms with Gasteiger partial charge in [0.25, 0.3) is 0 Å². The van der Waals surface area contributed by atoms with Crippen LogP contribution in [0.4, 0.5) is 0 Å². The lowest BCUT2D eigenvalue weighted by Crippen LogP contribution is -2.23. The third-order valence-corrected chi connectivity index (χ3v) is 5.44. The van der Waals surface area contributed by atoms with E-state index in [-0.39, 0.29) is 10.8 Å². The fraction of sp³-hybridized carbons (Fsp3) is 0.250. The van der Waals surface area contributed by atoms with Crippen LogP contribution >= 0.6 is 0 Å². The molecular weight excluding hydrogens is 376 g/mol. The summed E-state index contributed by atoms with van der Waals surface area (Å²) in [7, 11) is -1.35. The Morgan fingerprint density at radius 2 is 1.82 bits per heavy atom. The van der Waals surface area contributed by atoms with E-state index in [2.05, 4.69) is 15.4 Å². The number of aromatic nitrogens is 3. The number of hydrogen-bond donors (Lipinski definition) is 1. The molecule has 0 spiro atoms. The van der Waals surface area contributed by atoms with Crippen LogP contribution in [-0.4, -0.2) is 35.3 Å². The van der Waals surface area contributed by atoms with E-state index in [0.29, 0.717) is 19.4 Å². The Bertz CT molecular complexity index is 1070. The summed E-state index contributed by atoms with van der Waals surface area (Å²) in [5.41, 5.74) is 3.75. The van der Waals surface area contributed by atoms with Gasteiger partial charge >= 0.3 is 0 Å². The van der Waals surface area contributed by atoms with Gasteiger partial charge in [-0.1, -0.05) is 12.1 Å². The number of amides is 1. The predicted molar refractivity (Wildman–Crippen MR) is 106 cm³/mol. The fourth-order valence-electron chi connectivity index (χ4n) is 2.76. The van der Waals surface area contributed by atoms with Gasteiger partial charge in [-0.2, -0.15) is 5.10 Å². The monoisotopic (exact) mass is 398 g/mol. The Kier molecular flexibility index (Phi) is 5.89.